The zero-order chi connectivity index (χ0) is 19.8. The van der Waals surface area contributed by atoms with Crippen LogP contribution in [0.1, 0.15) is 89.2 Å². The number of unbranched alkanes of at least 4 members (excludes halogenated alkanes) is 1. The van der Waals surface area contributed by atoms with Crippen molar-refractivity contribution in [2.45, 2.75) is 109 Å². The first-order valence-corrected chi connectivity index (χ1v) is 14.9. The highest BCUT2D eigenvalue weighted by Crippen LogP contribution is 2.41. The van der Waals surface area contributed by atoms with Gasteiger partial charge < -0.3 is 0 Å². The number of rotatable bonds is 9. The van der Waals surface area contributed by atoms with Gasteiger partial charge in [0.15, 0.2) is 0 Å². The van der Waals surface area contributed by atoms with Crippen molar-refractivity contribution >= 4 is 8.80 Å². The van der Waals surface area contributed by atoms with Crippen molar-refractivity contribution in [3.05, 3.63) is 35.1 Å². The molecule has 1 saturated heterocycles. The van der Waals surface area contributed by atoms with E-state index in [2.05, 4.69) is 19.9 Å². The van der Waals surface area contributed by atoms with Crippen molar-refractivity contribution in [2.75, 3.05) is 0 Å². The molecule has 0 bridgehead atoms. The molecule has 158 valence electrons. The van der Waals surface area contributed by atoms with E-state index < -0.39 is 8.80 Å². The van der Waals surface area contributed by atoms with Crippen LogP contribution in [0.2, 0.25) is 18.1 Å². The van der Waals surface area contributed by atoms with Crippen LogP contribution in [-0.2, 0) is 12.8 Å². The minimum atomic E-state index is -0.464. The second-order valence-electron chi connectivity index (χ2n) is 9.89. The van der Waals surface area contributed by atoms with Crippen LogP contribution >= 0.6 is 0 Å². The minimum absolute atomic E-state index is 0.0139. The molecule has 0 radical (unpaired) electrons. The number of aryl methyl sites for hydroxylation is 2. The first-order chi connectivity index (χ1) is 13.7. The average Bonchev–Trinajstić information content (AvgIpc) is 2.74. The molecular formula is C26H43FSi. The summed E-state index contributed by atoms with van der Waals surface area (Å²) in [5, 5.41) is 0. The van der Waals surface area contributed by atoms with Gasteiger partial charge in [0, 0.05) is 8.80 Å². The quantitative estimate of drug-likeness (QED) is 0.290. The lowest BCUT2D eigenvalue weighted by Crippen LogP contribution is -2.28. The molecule has 2 heteroatoms. The van der Waals surface area contributed by atoms with Gasteiger partial charge in [-0.15, -0.1) is 0 Å². The van der Waals surface area contributed by atoms with Gasteiger partial charge in [0.2, 0.25) is 0 Å². The highest BCUT2D eigenvalue weighted by Gasteiger charge is 2.30. The molecule has 1 aromatic carbocycles. The zero-order valence-electron chi connectivity index (χ0n) is 18.5. The SMILES string of the molecule is CCCc1ccc(CCCC[SiH]2CCC(C3CCC(CC)CC3)CC2)cc1F. The fourth-order valence-corrected chi connectivity index (χ4v) is 9.53. The van der Waals surface area contributed by atoms with E-state index in [1.807, 2.05) is 6.07 Å². The molecule has 1 aliphatic heterocycles. The van der Waals surface area contributed by atoms with Crippen LogP contribution in [0, 0.1) is 23.6 Å². The van der Waals surface area contributed by atoms with Gasteiger partial charge in [-0.05, 0) is 67.1 Å². The summed E-state index contributed by atoms with van der Waals surface area (Å²) in [4.78, 5) is 0. The van der Waals surface area contributed by atoms with Gasteiger partial charge in [0.25, 0.3) is 0 Å². The monoisotopic (exact) mass is 402 g/mol. The van der Waals surface area contributed by atoms with Gasteiger partial charge in [-0.25, -0.2) is 4.39 Å². The molecular weight excluding hydrogens is 359 g/mol. The summed E-state index contributed by atoms with van der Waals surface area (Å²) in [6.45, 7) is 4.49. The molecule has 2 fully saturated rings. The second-order valence-corrected chi connectivity index (χ2v) is 13.4. The lowest BCUT2D eigenvalue weighted by atomic mass is 9.73. The largest absolute Gasteiger partial charge is 0.207 e. The maximum absolute atomic E-state index is 14.1. The van der Waals surface area contributed by atoms with Gasteiger partial charge in [0.1, 0.15) is 5.82 Å². The van der Waals surface area contributed by atoms with Crippen molar-refractivity contribution in [2.24, 2.45) is 17.8 Å². The Morgan fingerprint density at radius 2 is 1.61 bits per heavy atom. The van der Waals surface area contributed by atoms with Gasteiger partial charge in [-0.3, -0.25) is 0 Å². The molecule has 28 heavy (non-hydrogen) atoms. The first-order valence-electron chi connectivity index (χ1n) is 12.5. The Kier molecular flexibility index (Phi) is 9.08. The predicted molar refractivity (Wildman–Crippen MR) is 123 cm³/mol. The van der Waals surface area contributed by atoms with Gasteiger partial charge in [-0.2, -0.15) is 0 Å². The molecule has 0 nitrogen and oxygen atoms in total. The molecule has 2 aliphatic rings. The summed E-state index contributed by atoms with van der Waals surface area (Å²) in [5.41, 5.74) is 2.09. The van der Waals surface area contributed by atoms with Crippen molar-refractivity contribution in [3.63, 3.8) is 0 Å². The zero-order valence-corrected chi connectivity index (χ0v) is 19.7. The molecule has 3 rings (SSSR count). The van der Waals surface area contributed by atoms with E-state index >= 15 is 0 Å². The highest BCUT2D eigenvalue weighted by atomic mass is 28.3. The van der Waals surface area contributed by atoms with E-state index in [1.165, 1.54) is 56.6 Å². The molecule has 1 aliphatic carbocycles. The van der Waals surface area contributed by atoms with E-state index in [9.17, 15) is 4.39 Å². The summed E-state index contributed by atoms with van der Waals surface area (Å²) >= 11 is 0. The van der Waals surface area contributed by atoms with Crippen molar-refractivity contribution in [1.82, 2.24) is 0 Å². The molecule has 0 atom stereocenters. The van der Waals surface area contributed by atoms with E-state index in [0.29, 0.717) is 0 Å². The van der Waals surface area contributed by atoms with E-state index in [0.717, 1.165) is 42.6 Å². The van der Waals surface area contributed by atoms with Crippen LogP contribution in [0.4, 0.5) is 4.39 Å². The molecule has 1 heterocycles. The Morgan fingerprint density at radius 1 is 0.893 bits per heavy atom. The molecule has 0 aromatic heterocycles. The normalized spacial score (nSPS) is 28.4. The molecule has 1 saturated carbocycles. The Labute approximate surface area is 175 Å². The lowest BCUT2D eigenvalue weighted by Gasteiger charge is -2.37. The summed E-state index contributed by atoms with van der Waals surface area (Å²) in [7, 11) is -0.464. The summed E-state index contributed by atoms with van der Waals surface area (Å²) in [6.07, 6.45) is 16.2. The van der Waals surface area contributed by atoms with Gasteiger partial charge in [0.05, 0.1) is 0 Å². The summed E-state index contributed by atoms with van der Waals surface area (Å²) in [6, 6.07) is 10.7. The van der Waals surface area contributed by atoms with Crippen molar-refractivity contribution < 1.29 is 4.39 Å². The molecule has 0 unspecified atom stereocenters. The van der Waals surface area contributed by atoms with E-state index in [1.54, 1.807) is 31.0 Å². The van der Waals surface area contributed by atoms with Crippen LogP contribution < -0.4 is 0 Å². The van der Waals surface area contributed by atoms with Crippen molar-refractivity contribution in [1.29, 1.82) is 0 Å². The Hall–Kier alpha value is -0.633. The average molecular weight is 403 g/mol. The Bertz CT molecular complexity index is 568. The predicted octanol–water partition coefficient (Wildman–Crippen LogP) is 7.95. The topological polar surface area (TPSA) is 0 Å². The first kappa shape index (κ1) is 22.1. The number of benzene rings is 1. The number of hydrogen-bond donors (Lipinski definition) is 0. The third-order valence-corrected chi connectivity index (χ3v) is 11.5. The standard InChI is InChI=1S/C26H43FSi/c1-3-7-25-14-11-22(20-26(25)27)8-5-6-17-28-18-15-24(16-19-28)23-12-9-21(4-2)10-13-23/h11,14,20-21,23-24,28H,3-10,12-13,15-19H2,1-2H3. The molecule has 1 aromatic rings. The third kappa shape index (κ3) is 6.44. The minimum Gasteiger partial charge on any atom is -0.207 e. The van der Waals surface area contributed by atoms with Gasteiger partial charge in [-0.1, -0.05) is 89.1 Å². The van der Waals surface area contributed by atoms with E-state index in [4.69, 9.17) is 0 Å². The lowest BCUT2D eigenvalue weighted by molar-refractivity contribution is 0.189. The van der Waals surface area contributed by atoms with E-state index in [-0.39, 0.29) is 5.82 Å². The van der Waals surface area contributed by atoms with Gasteiger partial charge >= 0.3 is 0 Å². The smallest absolute Gasteiger partial charge is 0.126 e. The van der Waals surface area contributed by atoms with Crippen LogP contribution in [-0.4, -0.2) is 8.80 Å². The fraction of sp³-hybridized carbons (Fsp3) is 0.769. The molecule has 0 N–H and O–H groups in total. The molecule has 0 amide bonds. The van der Waals surface area contributed by atoms with Crippen LogP contribution in [0.3, 0.4) is 0 Å². The fourth-order valence-electron chi connectivity index (χ4n) is 6.00. The Balaban J connectivity index is 1.30. The van der Waals surface area contributed by atoms with Crippen LogP contribution in [0.5, 0.6) is 0 Å². The summed E-state index contributed by atoms with van der Waals surface area (Å²) in [5.74, 6) is 3.20. The second kappa shape index (κ2) is 11.5. The molecule has 0 spiro atoms. The maximum Gasteiger partial charge on any atom is 0.126 e. The number of hydrogen-bond acceptors (Lipinski definition) is 0. The highest BCUT2D eigenvalue weighted by molar-refractivity contribution is 6.58. The summed E-state index contributed by atoms with van der Waals surface area (Å²) < 4.78 is 14.1. The Morgan fingerprint density at radius 3 is 2.25 bits per heavy atom. The maximum atomic E-state index is 14.1. The van der Waals surface area contributed by atoms with Crippen molar-refractivity contribution in [3.8, 4) is 0 Å². The van der Waals surface area contributed by atoms with Crippen LogP contribution in [0.25, 0.3) is 0 Å². The van der Waals surface area contributed by atoms with Crippen LogP contribution in [0.15, 0.2) is 18.2 Å². The third-order valence-electron chi connectivity index (χ3n) is 7.99. The number of halogens is 1.